The standard InChI is InChI=1S/BH3.Ba.Bi.H4Si.5H/h1H3;;;1H4;;;;;. The van der Waals surface area contributed by atoms with Crippen LogP contribution in [0.5, 0.6) is 0 Å². The van der Waals surface area contributed by atoms with E-state index in [9.17, 15) is 0 Å². The molecule has 0 saturated carbocycles. The van der Waals surface area contributed by atoms with Gasteiger partial charge in [-0.2, -0.15) is 0 Å². The van der Waals surface area contributed by atoms with E-state index in [2.05, 4.69) is 0 Å². The zero-order chi connectivity index (χ0) is 0. The van der Waals surface area contributed by atoms with E-state index in [0.29, 0.717) is 0 Å². The zero-order valence-electron chi connectivity index (χ0n) is 0.707. The van der Waals surface area contributed by atoms with Crippen molar-refractivity contribution >= 4 is 94.5 Å². The second-order valence-corrected chi connectivity index (χ2v) is 0. The summed E-state index contributed by atoms with van der Waals surface area (Å²) in [4.78, 5) is 0. The zero-order valence-corrected chi connectivity index (χ0v) is 6.20. The molecule has 0 aliphatic rings. The van der Waals surface area contributed by atoms with Crippen LogP contribution in [0.2, 0.25) is 0 Å². The molecule has 0 radical (unpaired) electrons. The van der Waals surface area contributed by atoms with Crippen LogP contribution >= 0.6 is 0 Å². The van der Waals surface area contributed by atoms with Crippen molar-refractivity contribution in [1.29, 1.82) is 0 Å². The van der Waals surface area contributed by atoms with Crippen molar-refractivity contribution in [2.24, 2.45) is 0 Å². The number of rotatable bonds is 0. The third kappa shape index (κ3) is 8.83. The molecule has 0 bridgehead atoms. The molecule has 0 aromatic heterocycles. The van der Waals surface area contributed by atoms with Crippen LogP contribution in [-0.2, 0) is 0 Å². The van der Waals surface area contributed by atoms with Crippen molar-refractivity contribution in [3.05, 3.63) is 0 Å². The summed E-state index contributed by atoms with van der Waals surface area (Å²) in [6.07, 6.45) is 0. The van der Waals surface area contributed by atoms with Gasteiger partial charge in [-0.05, 0) is 11.0 Å². The van der Waals surface area contributed by atoms with Gasteiger partial charge in [0.15, 0.2) is 0 Å². The maximum Gasteiger partial charge on any atom is -0.0149 e. The Morgan fingerprint density at radius 1 is 1.00 bits per heavy atom. The SMILES string of the molecule is B.[BaH2].[BiH3].[SiH4]. The van der Waals surface area contributed by atoms with Gasteiger partial charge in [0.05, 0.1) is 8.41 Å². The van der Waals surface area contributed by atoms with Gasteiger partial charge in [-0.3, -0.25) is 0 Å². The van der Waals surface area contributed by atoms with Crippen LogP contribution in [0.1, 0.15) is 0 Å². The molecule has 0 aliphatic carbocycles. The van der Waals surface area contributed by atoms with E-state index in [1.807, 2.05) is 0 Å². The number of hydrogen-bond donors (Lipinski definition) is 0. The van der Waals surface area contributed by atoms with E-state index in [-0.39, 0.29) is 94.5 Å². The molecule has 0 spiro atoms. The van der Waals surface area contributed by atoms with Gasteiger partial charge in [0.25, 0.3) is 0 Å². The van der Waals surface area contributed by atoms with E-state index >= 15 is 0 Å². The van der Waals surface area contributed by atoms with Gasteiger partial charge in [0.1, 0.15) is 0 Å². The molecule has 0 aromatic carbocycles. The van der Waals surface area contributed by atoms with Crippen molar-refractivity contribution in [1.82, 2.24) is 0 Å². The van der Waals surface area contributed by atoms with Crippen molar-refractivity contribution < 1.29 is 0 Å². The molecule has 26 valence electrons. The van der Waals surface area contributed by atoms with Gasteiger partial charge in [0.2, 0.25) is 0 Å². The maximum absolute atomic E-state index is 0. The predicted molar refractivity (Wildman–Crippen MR) is 39.8 cm³/mol. The van der Waals surface area contributed by atoms with Crippen LogP contribution in [0.4, 0.5) is 0 Å². The van der Waals surface area contributed by atoms with Crippen LogP contribution in [0.15, 0.2) is 0 Å². The predicted octanol–water partition coefficient (Wildman–Crippen LogP) is -4.74. The molecule has 4 heteroatoms. The van der Waals surface area contributed by atoms with Crippen LogP contribution in [0, 0.1) is 0 Å². The fourth-order valence-corrected chi connectivity index (χ4v) is 0. The molecule has 0 heterocycles. The van der Waals surface area contributed by atoms with E-state index in [1.165, 1.54) is 0 Å². The van der Waals surface area contributed by atoms with Crippen molar-refractivity contribution in [2.45, 2.75) is 0 Å². The van der Waals surface area contributed by atoms with Crippen LogP contribution in [0.3, 0.4) is 0 Å². The largest absolute Gasteiger partial charge is 0.0149 e. The average molecular weight is 397 g/mol. The molecule has 0 fully saturated rings. The Morgan fingerprint density at radius 2 is 1.00 bits per heavy atom. The van der Waals surface area contributed by atoms with Crippen LogP contribution < -0.4 is 0 Å². The molecule has 4 heavy (non-hydrogen) atoms. The topological polar surface area (TPSA) is 0 Å². The Hall–Kier alpha value is 2.74. The Balaban J connectivity index is 0. The van der Waals surface area contributed by atoms with Gasteiger partial charge < -0.3 is 0 Å². The van der Waals surface area contributed by atoms with Crippen molar-refractivity contribution in [2.75, 3.05) is 0 Å². The summed E-state index contributed by atoms with van der Waals surface area (Å²) in [5.74, 6) is 0. The molecule has 0 unspecified atom stereocenters. The first-order valence-corrected chi connectivity index (χ1v) is 0. The van der Waals surface area contributed by atoms with Crippen LogP contribution in [0.25, 0.3) is 0 Å². The second-order valence-electron chi connectivity index (χ2n) is 0. The fourth-order valence-electron chi connectivity index (χ4n) is 0. The first-order valence-electron chi connectivity index (χ1n) is 0. The molecule has 0 saturated heterocycles. The van der Waals surface area contributed by atoms with E-state index in [1.54, 1.807) is 0 Å². The van der Waals surface area contributed by atoms with E-state index in [4.69, 9.17) is 0 Å². The fraction of sp³-hybridized carbons (Fsp3) is 0. The molecule has 0 aliphatic heterocycles. The average Bonchev–Trinajstić information content (AvgIpc) is 0. The van der Waals surface area contributed by atoms with E-state index in [0.717, 1.165) is 0 Å². The van der Waals surface area contributed by atoms with Crippen molar-refractivity contribution in [3.8, 4) is 0 Å². The minimum absolute atomic E-state index is 0. The quantitative estimate of drug-likeness (QED) is 0.361. The molecule has 0 nitrogen and oxygen atoms in total. The number of hydrogen-bond acceptors (Lipinski definition) is 0. The molecular weight excluding hydrogens is 385 g/mol. The Bertz CT molecular complexity index is 8.00. The van der Waals surface area contributed by atoms with Crippen LogP contribution in [-0.4, -0.2) is 94.5 Å². The van der Waals surface area contributed by atoms with Crippen molar-refractivity contribution in [3.63, 3.8) is 0 Å². The monoisotopic (exact) mass is 398 g/mol. The molecule has 0 aromatic rings. The molecular formula is H12BBaBiSi. The Kier molecular flexibility index (Phi) is 127. The van der Waals surface area contributed by atoms with E-state index < -0.39 is 0 Å². The minimum atomic E-state index is 0. The summed E-state index contributed by atoms with van der Waals surface area (Å²) in [7, 11) is 0. The summed E-state index contributed by atoms with van der Waals surface area (Å²) in [5, 5.41) is 0. The van der Waals surface area contributed by atoms with Gasteiger partial charge in [-0.1, -0.05) is 0 Å². The first-order chi connectivity index (χ1) is 0. The first kappa shape index (κ1) is 29.6. The summed E-state index contributed by atoms with van der Waals surface area (Å²) in [6, 6.07) is 0. The normalized spacial score (nSPS) is 0. The molecule has 0 amide bonds. The third-order valence-corrected chi connectivity index (χ3v) is 0. The Morgan fingerprint density at radius 3 is 1.00 bits per heavy atom. The smallest absolute Gasteiger partial charge is 0.0149 e. The van der Waals surface area contributed by atoms with Gasteiger partial charge in [-0.25, -0.2) is 0 Å². The summed E-state index contributed by atoms with van der Waals surface area (Å²) < 4.78 is 0. The second kappa shape index (κ2) is 17.2. The molecule has 0 rings (SSSR count). The molecule has 0 N–H and O–H groups in total. The van der Waals surface area contributed by atoms with Gasteiger partial charge >= 0.3 is 75.1 Å². The maximum atomic E-state index is 0. The van der Waals surface area contributed by atoms with Gasteiger partial charge in [0, 0.05) is 0 Å². The molecule has 0 atom stereocenters. The minimum Gasteiger partial charge on any atom is -0.0149 e. The van der Waals surface area contributed by atoms with Gasteiger partial charge in [-0.15, -0.1) is 0 Å². The third-order valence-electron chi connectivity index (χ3n) is 0. The Labute approximate surface area is 92.3 Å². The summed E-state index contributed by atoms with van der Waals surface area (Å²) >= 11 is 0. The summed E-state index contributed by atoms with van der Waals surface area (Å²) in [6.45, 7) is 0. The summed E-state index contributed by atoms with van der Waals surface area (Å²) in [5.41, 5.74) is 0.